The molecule has 1 aromatic carbocycles. The van der Waals surface area contributed by atoms with E-state index in [2.05, 4.69) is 53.6 Å². The van der Waals surface area contributed by atoms with Crippen LogP contribution in [0.25, 0.3) is 0 Å². The van der Waals surface area contributed by atoms with Gasteiger partial charge in [-0.1, -0.05) is 37.3 Å². The molecule has 1 aliphatic heterocycles. The minimum absolute atomic E-state index is 0.131. The number of benzene rings is 1. The lowest BCUT2D eigenvalue weighted by Gasteiger charge is -2.32. The molecule has 1 amide bonds. The molecule has 4 nitrogen and oxygen atoms in total. The Morgan fingerprint density at radius 2 is 2.14 bits per heavy atom. The van der Waals surface area contributed by atoms with Crippen LogP contribution < -0.4 is 10.6 Å². The molecule has 1 aliphatic rings. The lowest BCUT2D eigenvalue weighted by molar-refractivity contribution is -0.126. The van der Waals surface area contributed by atoms with Gasteiger partial charge in [0, 0.05) is 25.7 Å². The van der Waals surface area contributed by atoms with Gasteiger partial charge in [-0.15, -0.1) is 0 Å². The van der Waals surface area contributed by atoms with Crippen molar-refractivity contribution in [3.63, 3.8) is 0 Å². The summed E-state index contributed by atoms with van der Waals surface area (Å²) in [4.78, 5) is 14.7. The Kier molecular flexibility index (Phi) is 6.87. The number of piperidine rings is 1. The van der Waals surface area contributed by atoms with Crippen molar-refractivity contribution in [2.75, 3.05) is 26.2 Å². The summed E-state index contributed by atoms with van der Waals surface area (Å²) in [6.07, 6.45) is 2.11. The van der Waals surface area contributed by atoms with Gasteiger partial charge in [0.25, 0.3) is 0 Å². The van der Waals surface area contributed by atoms with Gasteiger partial charge < -0.3 is 10.6 Å². The molecule has 122 valence electrons. The topological polar surface area (TPSA) is 44.4 Å². The summed E-state index contributed by atoms with van der Waals surface area (Å²) in [7, 11) is 0. The Labute approximate surface area is 134 Å². The molecule has 22 heavy (non-hydrogen) atoms. The van der Waals surface area contributed by atoms with Gasteiger partial charge in [-0.05, 0) is 38.4 Å². The molecule has 2 atom stereocenters. The number of carbonyl (C=O) groups excluding carboxylic acids is 1. The number of hydrogen-bond acceptors (Lipinski definition) is 3. The standard InChI is InChI=1S/C18H29N3O/c1-3-19-15(2)12-20-18(22)17-10-7-11-21(14-17)13-16-8-5-4-6-9-16/h4-6,8-9,15,17,19H,3,7,10-14H2,1-2H3,(H,20,22)/t15-,17?/m1/s1. The van der Waals surface area contributed by atoms with E-state index in [-0.39, 0.29) is 11.8 Å². The van der Waals surface area contributed by atoms with Crippen LogP contribution >= 0.6 is 0 Å². The number of hydrogen-bond donors (Lipinski definition) is 2. The van der Waals surface area contributed by atoms with Gasteiger partial charge >= 0.3 is 0 Å². The molecule has 0 aliphatic carbocycles. The van der Waals surface area contributed by atoms with Crippen molar-refractivity contribution in [1.82, 2.24) is 15.5 Å². The number of likely N-dealkylation sites (tertiary alicyclic amines) is 1. The molecule has 1 saturated heterocycles. The second kappa shape index (κ2) is 8.91. The third-order valence-corrected chi connectivity index (χ3v) is 4.26. The van der Waals surface area contributed by atoms with Crippen molar-refractivity contribution in [1.29, 1.82) is 0 Å². The van der Waals surface area contributed by atoms with Gasteiger partial charge in [-0.3, -0.25) is 9.69 Å². The second-order valence-electron chi connectivity index (χ2n) is 6.26. The van der Waals surface area contributed by atoms with E-state index in [1.54, 1.807) is 0 Å². The van der Waals surface area contributed by atoms with Crippen LogP contribution in [0.1, 0.15) is 32.3 Å². The fourth-order valence-corrected chi connectivity index (χ4v) is 3.07. The molecule has 2 N–H and O–H groups in total. The average Bonchev–Trinajstić information content (AvgIpc) is 2.54. The Balaban J connectivity index is 1.78. The van der Waals surface area contributed by atoms with Crippen LogP contribution in [0.5, 0.6) is 0 Å². The first-order valence-corrected chi connectivity index (χ1v) is 8.46. The molecule has 1 aromatic rings. The molecule has 1 heterocycles. The van der Waals surface area contributed by atoms with Crippen LogP contribution in [0.15, 0.2) is 30.3 Å². The lowest BCUT2D eigenvalue weighted by atomic mass is 9.96. The van der Waals surface area contributed by atoms with E-state index >= 15 is 0 Å². The Bertz CT molecular complexity index is 449. The zero-order valence-corrected chi connectivity index (χ0v) is 13.8. The molecule has 0 aromatic heterocycles. The highest BCUT2D eigenvalue weighted by molar-refractivity contribution is 5.79. The normalized spacial score (nSPS) is 20.5. The van der Waals surface area contributed by atoms with Gasteiger partial charge in [0.15, 0.2) is 0 Å². The number of rotatable bonds is 7. The van der Waals surface area contributed by atoms with Crippen LogP contribution in [0.3, 0.4) is 0 Å². The smallest absolute Gasteiger partial charge is 0.224 e. The van der Waals surface area contributed by atoms with Crippen molar-refractivity contribution >= 4 is 5.91 Å². The van der Waals surface area contributed by atoms with Gasteiger partial charge in [-0.25, -0.2) is 0 Å². The Morgan fingerprint density at radius 3 is 2.86 bits per heavy atom. The SMILES string of the molecule is CCN[C@H](C)CNC(=O)C1CCCN(Cc2ccccc2)C1. The highest BCUT2D eigenvalue weighted by Gasteiger charge is 2.25. The maximum atomic E-state index is 12.3. The predicted octanol–water partition coefficient (Wildman–Crippen LogP) is 2.01. The monoisotopic (exact) mass is 303 g/mol. The van der Waals surface area contributed by atoms with Gasteiger partial charge in [0.2, 0.25) is 5.91 Å². The first-order chi connectivity index (χ1) is 10.7. The van der Waals surface area contributed by atoms with Crippen LogP contribution in [0.4, 0.5) is 0 Å². The van der Waals surface area contributed by atoms with E-state index in [9.17, 15) is 4.79 Å². The number of nitrogens with zero attached hydrogens (tertiary/aromatic N) is 1. The van der Waals surface area contributed by atoms with E-state index in [1.807, 2.05) is 6.07 Å². The van der Waals surface area contributed by atoms with E-state index in [0.717, 1.165) is 39.0 Å². The summed E-state index contributed by atoms with van der Waals surface area (Å²) in [6.45, 7) is 8.74. The van der Waals surface area contributed by atoms with E-state index in [0.29, 0.717) is 12.6 Å². The third kappa shape index (κ3) is 5.43. The molecule has 4 heteroatoms. The molecule has 0 saturated carbocycles. The van der Waals surface area contributed by atoms with Crippen LogP contribution in [-0.2, 0) is 11.3 Å². The lowest BCUT2D eigenvalue weighted by Crippen LogP contribution is -2.46. The summed E-state index contributed by atoms with van der Waals surface area (Å²) in [6, 6.07) is 10.8. The molecule has 0 bridgehead atoms. The van der Waals surface area contributed by atoms with Crippen molar-refractivity contribution in [2.45, 2.75) is 39.3 Å². The maximum absolute atomic E-state index is 12.3. The number of likely N-dealkylation sites (N-methyl/N-ethyl adjacent to an activating group) is 1. The molecule has 0 spiro atoms. The summed E-state index contributed by atoms with van der Waals surface area (Å²) in [5.74, 6) is 0.341. The fraction of sp³-hybridized carbons (Fsp3) is 0.611. The second-order valence-corrected chi connectivity index (χ2v) is 6.26. The zero-order valence-electron chi connectivity index (χ0n) is 13.8. The summed E-state index contributed by atoms with van der Waals surface area (Å²) in [5, 5.41) is 6.41. The van der Waals surface area contributed by atoms with Crippen molar-refractivity contribution in [3.05, 3.63) is 35.9 Å². The first-order valence-electron chi connectivity index (χ1n) is 8.46. The number of carbonyl (C=O) groups is 1. The van der Waals surface area contributed by atoms with Gasteiger partial charge in [0.1, 0.15) is 0 Å². The maximum Gasteiger partial charge on any atom is 0.224 e. The average molecular weight is 303 g/mol. The molecule has 1 unspecified atom stereocenters. The fourth-order valence-electron chi connectivity index (χ4n) is 3.07. The van der Waals surface area contributed by atoms with Gasteiger partial charge in [-0.2, -0.15) is 0 Å². The quantitative estimate of drug-likeness (QED) is 0.810. The van der Waals surface area contributed by atoms with E-state index in [4.69, 9.17) is 0 Å². The molecular weight excluding hydrogens is 274 g/mol. The first kappa shape index (κ1) is 17.0. The minimum atomic E-state index is 0.131. The Morgan fingerprint density at radius 1 is 1.36 bits per heavy atom. The van der Waals surface area contributed by atoms with Crippen molar-refractivity contribution in [2.24, 2.45) is 5.92 Å². The number of amides is 1. The third-order valence-electron chi connectivity index (χ3n) is 4.26. The summed E-state index contributed by atoms with van der Waals surface area (Å²) >= 11 is 0. The van der Waals surface area contributed by atoms with Crippen LogP contribution in [-0.4, -0.2) is 43.0 Å². The van der Waals surface area contributed by atoms with Crippen molar-refractivity contribution < 1.29 is 4.79 Å². The summed E-state index contributed by atoms with van der Waals surface area (Å²) in [5.41, 5.74) is 1.32. The minimum Gasteiger partial charge on any atom is -0.354 e. The van der Waals surface area contributed by atoms with Crippen LogP contribution in [0, 0.1) is 5.92 Å². The zero-order chi connectivity index (χ0) is 15.8. The molecule has 0 radical (unpaired) electrons. The van der Waals surface area contributed by atoms with Crippen molar-refractivity contribution in [3.8, 4) is 0 Å². The number of nitrogens with one attached hydrogen (secondary N) is 2. The predicted molar refractivity (Wildman–Crippen MR) is 90.6 cm³/mol. The molecule has 1 fully saturated rings. The highest BCUT2D eigenvalue weighted by atomic mass is 16.1. The highest BCUT2D eigenvalue weighted by Crippen LogP contribution is 2.18. The molecule has 2 rings (SSSR count). The van der Waals surface area contributed by atoms with Crippen LogP contribution in [0.2, 0.25) is 0 Å². The van der Waals surface area contributed by atoms with E-state index in [1.165, 1.54) is 5.56 Å². The Hall–Kier alpha value is -1.39. The summed E-state index contributed by atoms with van der Waals surface area (Å²) < 4.78 is 0. The largest absolute Gasteiger partial charge is 0.354 e. The molecular formula is C18H29N3O. The van der Waals surface area contributed by atoms with Gasteiger partial charge in [0.05, 0.1) is 5.92 Å². The van der Waals surface area contributed by atoms with E-state index < -0.39 is 0 Å².